The number of aliphatic hydroxyl groups is 1. The normalized spacial score (nSPS) is 14.3. The van der Waals surface area contributed by atoms with Crippen LogP contribution in [0.15, 0.2) is 71.5 Å². The van der Waals surface area contributed by atoms with E-state index in [0.29, 0.717) is 12.6 Å². The molecule has 0 spiro atoms. The van der Waals surface area contributed by atoms with Crippen molar-refractivity contribution in [1.82, 2.24) is 4.98 Å². The van der Waals surface area contributed by atoms with Crippen LogP contribution in [0.3, 0.4) is 0 Å². The summed E-state index contributed by atoms with van der Waals surface area (Å²) in [5.74, 6) is 0. The van der Waals surface area contributed by atoms with Gasteiger partial charge in [0, 0.05) is 24.3 Å². The van der Waals surface area contributed by atoms with Gasteiger partial charge in [-0.2, -0.15) is 0 Å². The van der Waals surface area contributed by atoms with E-state index in [2.05, 4.69) is 66.6 Å². The van der Waals surface area contributed by atoms with Gasteiger partial charge in [0.25, 0.3) is 0 Å². The number of nitrogens with one attached hydrogen (secondary N) is 1. The maximum absolute atomic E-state index is 12.2. The van der Waals surface area contributed by atoms with Crippen molar-refractivity contribution in [2.24, 2.45) is 0 Å². The molecule has 1 heterocycles. The van der Waals surface area contributed by atoms with Crippen molar-refractivity contribution >= 4 is 10.9 Å². The molecule has 0 aliphatic heterocycles. The van der Waals surface area contributed by atoms with Crippen molar-refractivity contribution in [3.8, 4) is 0 Å². The van der Waals surface area contributed by atoms with Gasteiger partial charge in [-0.1, -0.05) is 68.4 Å². The fraction of sp³-hybridized carbons (Fsp3) is 0.344. The summed E-state index contributed by atoms with van der Waals surface area (Å²) >= 11 is 0. The molecular formula is C32H37N2O2+. The van der Waals surface area contributed by atoms with E-state index in [1.54, 1.807) is 6.07 Å². The van der Waals surface area contributed by atoms with Gasteiger partial charge in [0.1, 0.15) is 12.6 Å². The lowest BCUT2D eigenvalue weighted by atomic mass is 9.96. The van der Waals surface area contributed by atoms with Gasteiger partial charge in [-0.25, -0.2) is 0 Å². The molecule has 186 valence electrons. The standard InChI is InChI=1S/C32H36N2O2/c1-3-22-16-25-18-27(19-26(25)17-23(22)4-2)33-20-30(35)28-13-12-24(11-10-21-8-6-5-7-9-21)32-29(28)14-15-31(36)34-32/h5-9,12-17,27,30,33,35H,3-4,10-11,18-20H2,1-2H3,(H,34,36)/p+1/t30-/m0/s1. The van der Waals surface area contributed by atoms with E-state index >= 15 is 0 Å². The lowest BCUT2D eigenvalue weighted by molar-refractivity contribution is -0.693. The molecule has 1 aliphatic rings. The van der Waals surface area contributed by atoms with Crippen LogP contribution in [0.5, 0.6) is 0 Å². The molecule has 0 unspecified atom stereocenters. The molecule has 4 aromatic rings. The molecule has 1 aromatic heterocycles. The van der Waals surface area contributed by atoms with Crippen molar-refractivity contribution < 1.29 is 10.4 Å². The highest BCUT2D eigenvalue weighted by atomic mass is 16.3. The first kappa shape index (κ1) is 24.5. The summed E-state index contributed by atoms with van der Waals surface area (Å²) in [6.45, 7) is 5.08. The number of quaternary nitrogens is 1. The number of benzene rings is 3. The quantitative estimate of drug-likeness (QED) is 0.335. The molecule has 36 heavy (non-hydrogen) atoms. The molecule has 1 atom stereocenters. The second kappa shape index (κ2) is 10.8. The van der Waals surface area contributed by atoms with Gasteiger partial charge in [0.05, 0.1) is 11.6 Å². The van der Waals surface area contributed by atoms with Crippen LogP contribution in [0.25, 0.3) is 10.9 Å². The smallest absolute Gasteiger partial charge is 0.248 e. The number of rotatable bonds is 9. The number of pyridine rings is 1. The van der Waals surface area contributed by atoms with Crippen LogP contribution in [0.4, 0.5) is 0 Å². The van der Waals surface area contributed by atoms with Gasteiger partial charge in [-0.05, 0) is 70.7 Å². The van der Waals surface area contributed by atoms with E-state index in [0.717, 1.165) is 60.6 Å². The molecular weight excluding hydrogens is 444 g/mol. The van der Waals surface area contributed by atoms with Gasteiger partial charge < -0.3 is 15.4 Å². The van der Waals surface area contributed by atoms with Crippen LogP contribution >= 0.6 is 0 Å². The summed E-state index contributed by atoms with van der Waals surface area (Å²) in [7, 11) is 0. The SMILES string of the molecule is CCc1cc2c(cc1CC)CC([NH2+]C[C@H](O)c1ccc(CCc3ccccc3)c3[nH]c(=O)ccc13)C2. The molecule has 4 nitrogen and oxygen atoms in total. The first-order chi connectivity index (χ1) is 17.6. The summed E-state index contributed by atoms with van der Waals surface area (Å²) in [4.78, 5) is 15.2. The molecule has 0 fully saturated rings. The molecule has 0 bridgehead atoms. The van der Waals surface area contributed by atoms with Crippen LogP contribution in [-0.2, 0) is 38.5 Å². The van der Waals surface area contributed by atoms with Crippen LogP contribution in [0.2, 0.25) is 0 Å². The fourth-order valence-corrected chi connectivity index (χ4v) is 5.84. The summed E-state index contributed by atoms with van der Waals surface area (Å²) < 4.78 is 0. The topological polar surface area (TPSA) is 69.7 Å². The Morgan fingerprint density at radius 1 is 0.889 bits per heavy atom. The van der Waals surface area contributed by atoms with Crippen molar-refractivity contribution in [2.75, 3.05) is 6.54 Å². The lowest BCUT2D eigenvalue weighted by Gasteiger charge is -2.17. The molecule has 4 heteroatoms. The maximum Gasteiger partial charge on any atom is 0.248 e. The van der Waals surface area contributed by atoms with Crippen LogP contribution < -0.4 is 10.9 Å². The number of hydrogen-bond donors (Lipinski definition) is 3. The third-order valence-corrected chi connectivity index (χ3v) is 7.84. The zero-order valence-corrected chi connectivity index (χ0v) is 21.4. The van der Waals surface area contributed by atoms with Crippen molar-refractivity contribution in [2.45, 2.75) is 64.5 Å². The molecule has 4 N–H and O–H groups in total. The van der Waals surface area contributed by atoms with Crippen molar-refractivity contribution in [3.63, 3.8) is 0 Å². The number of H-pyrrole nitrogens is 1. The average Bonchev–Trinajstić information content (AvgIpc) is 3.31. The number of fused-ring (bicyclic) bond motifs is 2. The minimum Gasteiger partial charge on any atom is -0.382 e. The van der Waals surface area contributed by atoms with Crippen LogP contribution in [-0.4, -0.2) is 22.7 Å². The number of hydrogen-bond acceptors (Lipinski definition) is 2. The maximum atomic E-state index is 12.2. The Morgan fingerprint density at radius 3 is 2.25 bits per heavy atom. The Balaban J connectivity index is 1.30. The van der Waals surface area contributed by atoms with E-state index < -0.39 is 6.10 Å². The summed E-state index contributed by atoms with van der Waals surface area (Å²) in [5.41, 5.74) is 9.92. The molecule has 0 saturated heterocycles. The van der Waals surface area contributed by atoms with Crippen molar-refractivity contribution in [3.05, 3.63) is 116 Å². The molecule has 0 radical (unpaired) electrons. The average molecular weight is 482 g/mol. The Hall–Kier alpha value is -3.21. The zero-order chi connectivity index (χ0) is 25.1. The van der Waals surface area contributed by atoms with E-state index in [9.17, 15) is 9.90 Å². The summed E-state index contributed by atoms with van der Waals surface area (Å²) in [5, 5.41) is 14.5. The summed E-state index contributed by atoms with van der Waals surface area (Å²) in [6, 6.07) is 23.2. The summed E-state index contributed by atoms with van der Waals surface area (Å²) in [6.07, 6.45) is 5.44. The second-order valence-electron chi connectivity index (χ2n) is 10.2. The van der Waals surface area contributed by atoms with Gasteiger partial charge in [0.2, 0.25) is 5.56 Å². The number of aromatic nitrogens is 1. The molecule has 0 saturated carbocycles. The number of aliphatic hydroxyl groups excluding tert-OH is 1. The van der Waals surface area contributed by atoms with Gasteiger partial charge in [-0.3, -0.25) is 4.79 Å². The molecule has 3 aromatic carbocycles. The largest absolute Gasteiger partial charge is 0.382 e. The molecule has 0 amide bonds. The number of aryl methyl sites for hydroxylation is 4. The van der Waals surface area contributed by atoms with Crippen molar-refractivity contribution in [1.29, 1.82) is 0 Å². The predicted octanol–water partition coefficient (Wildman–Crippen LogP) is 4.20. The third-order valence-electron chi connectivity index (χ3n) is 7.84. The zero-order valence-electron chi connectivity index (χ0n) is 21.4. The van der Waals surface area contributed by atoms with E-state index in [4.69, 9.17) is 0 Å². The Morgan fingerprint density at radius 2 is 1.58 bits per heavy atom. The third kappa shape index (κ3) is 5.16. The highest BCUT2D eigenvalue weighted by Gasteiger charge is 2.26. The van der Waals surface area contributed by atoms with E-state index in [1.165, 1.54) is 27.8 Å². The van der Waals surface area contributed by atoms with Gasteiger partial charge >= 0.3 is 0 Å². The predicted molar refractivity (Wildman–Crippen MR) is 147 cm³/mol. The van der Waals surface area contributed by atoms with Gasteiger partial charge in [-0.15, -0.1) is 0 Å². The number of aromatic amines is 1. The minimum absolute atomic E-state index is 0.108. The Kier molecular flexibility index (Phi) is 7.35. The molecule has 5 rings (SSSR count). The minimum atomic E-state index is -0.595. The lowest BCUT2D eigenvalue weighted by Crippen LogP contribution is -2.91. The highest BCUT2D eigenvalue weighted by molar-refractivity contribution is 5.85. The van der Waals surface area contributed by atoms with Crippen LogP contribution in [0.1, 0.15) is 58.9 Å². The Labute approximate surface area is 213 Å². The first-order valence-electron chi connectivity index (χ1n) is 13.4. The first-order valence-corrected chi connectivity index (χ1v) is 13.4. The second-order valence-corrected chi connectivity index (χ2v) is 10.2. The van der Waals surface area contributed by atoms with Gasteiger partial charge in [0.15, 0.2) is 0 Å². The monoisotopic (exact) mass is 481 g/mol. The fourth-order valence-electron chi connectivity index (χ4n) is 5.84. The molecule has 1 aliphatic carbocycles. The Bertz CT molecular complexity index is 1370. The number of nitrogens with two attached hydrogens (primary N) is 1. The highest BCUT2D eigenvalue weighted by Crippen LogP contribution is 2.27. The van der Waals surface area contributed by atoms with Crippen LogP contribution in [0, 0.1) is 0 Å². The van der Waals surface area contributed by atoms with E-state index in [-0.39, 0.29) is 5.56 Å². The van der Waals surface area contributed by atoms with E-state index in [1.807, 2.05) is 18.2 Å².